The van der Waals surface area contributed by atoms with Crippen LogP contribution in [0.4, 0.5) is 5.82 Å². The molecule has 2 heterocycles. The van der Waals surface area contributed by atoms with E-state index in [0.29, 0.717) is 6.04 Å². The highest BCUT2D eigenvalue weighted by atomic mass is 15.2. The Bertz CT molecular complexity index is 856. The van der Waals surface area contributed by atoms with E-state index >= 15 is 0 Å². The molecule has 1 atom stereocenters. The Kier molecular flexibility index (Phi) is 4.61. The van der Waals surface area contributed by atoms with Crippen LogP contribution < -0.4 is 5.32 Å². The lowest BCUT2D eigenvalue weighted by Gasteiger charge is -2.33. The summed E-state index contributed by atoms with van der Waals surface area (Å²) in [6.07, 6.45) is 4.04. The third-order valence-electron chi connectivity index (χ3n) is 4.94. The first-order chi connectivity index (χ1) is 12.3. The number of anilines is 1. The van der Waals surface area contributed by atoms with Crippen molar-refractivity contribution in [1.82, 2.24) is 14.9 Å². The highest BCUT2D eigenvalue weighted by molar-refractivity contribution is 5.85. The minimum atomic E-state index is 0.443. The van der Waals surface area contributed by atoms with E-state index in [0.717, 1.165) is 31.1 Å². The summed E-state index contributed by atoms with van der Waals surface area (Å²) in [6, 6.07) is 17.7. The molecule has 1 aliphatic rings. The third-order valence-corrected chi connectivity index (χ3v) is 4.94. The quantitative estimate of drug-likeness (QED) is 0.783. The molecule has 0 saturated carbocycles. The normalized spacial score (nSPS) is 18.4. The molecule has 25 heavy (non-hydrogen) atoms. The number of aromatic nitrogens is 2. The van der Waals surface area contributed by atoms with Gasteiger partial charge in [0.25, 0.3) is 0 Å². The average molecular weight is 332 g/mol. The number of fused-ring (bicyclic) bond motifs is 1. The van der Waals surface area contributed by atoms with Crippen molar-refractivity contribution in [2.24, 2.45) is 0 Å². The van der Waals surface area contributed by atoms with E-state index < -0.39 is 0 Å². The Balaban J connectivity index is 1.46. The van der Waals surface area contributed by atoms with Gasteiger partial charge in [-0.15, -0.1) is 0 Å². The standard InChI is InChI=1S/C21H24N4/c1-16-12-21(23-15-22-16)24-19-9-5-11-25(14-19)13-18-8-4-7-17-6-2-3-10-20(17)18/h2-4,6-8,10,12,15,19H,5,9,11,13-14H2,1H3,(H,22,23,24). The van der Waals surface area contributed by atoms with Crippen LogP contribution in [0, 0.1) is 6.92 Å². The molecule has 0 bridgehead atoms. The molecule has 0 aliphatic carbocycles. The Morgan fingerprint density at radius 1 is 1.12 bits per heavy atom. The van der Waals surface area contributed by atoms with E-state index in [4.69, 9.17) is 0 Å². The second-order valence-corrected chi connectivity index (χ2v) is 6.90. The lowest BCUT2D eigenvalue weighted by molar-refractivity contribution is 0.209. The molecule has 0 radical (unpaired) electrons. The smallest absolute Gasteiger partial charge is 0.129 e. The zero-order chi connectivity index (χ0) is 17.1. The summed E-state index contributed by atoms with van der Waals surface area (Å²) in [5, 5.41) is 6.27. The minimum Gasteiger partial charge on any atom is -0.366 e. The van der Waals surface area contributed by atoms with Gasteiger partial charge < -0.3 is 5.32 Å². The summed E-state index contributed by atoms with van der Waals surface area (Å²) >= 11 is 0. The number of nitrogens with zero attached hydrogens (tertiary/aromatic N) is 3. The number of hydrogen-bond acceptors (Lipinski definition) is 4. The van der Waals surface area contributed by atoms with E-state index in [-0.39, 0.29) is 0 Å². The van der Waals surface area contributed by atoms with Gasteiger partial charge in [-0.05, 0) is 42.6 Å². The molecular weight excluding hydrogens is 308 g/mol. The van der Waals surface area contributed by atoms with Crippen molar-refractivity contribution in [3.05, 3.63) is 66.1 Å². The van der Waals surface area contributed by atoms with Crippen molar-refractivity contribution in [3.63, 3.8) is 0 Å². The van der Waals surface area contributed by atoms with Crippen molar-refractivity contribution >= 4 is 16.6 Å². The van der Waals surface area contributed by atoms with E-state index in [2.05, 4.69) is 62.6 Å². The van der Waals surface area contributed by atoms with Crippen LogP contribution in [0.5, 0.6) is 0 Å². The molecule has 1 N–H and O–H groups in total. The Hall–Kier alpha value is -2.46. The highest BCUT2D eigenvalue weighted by Crippen LogP contribution is 2.22. The Morgan fingerprint density at radius 3 is 2.92 bits per heavy atom. The maximum absolute atomic E-state index is 4.34. The summed E-state index contributed by atoms with van der Waals surface area (Å²) in [6.45, 7) is 5.21. The van der Waals surface area contributed by atoms with Gasteiger partial charge in [-0.25, -0.2) is 9.97 Å². The largest absolute Gasteiger partial charge is 0.366 e. The molecule has 4 nitrogen and oxygen atoms in total. The zero-order valence-electron chi connectivity index (χ0n) is 14.7. The zero-order valence-corrected chi connectivity index (χ0v) is 14.7. The fraction of sp³-hybridized carbons (Fsp3) is 0.333. The van der Waals surface area contributed by atoms with Crippen molar-refractivity contribution in [2.75, 3.05) is 18.4 Å². The van der Waals surface area contributed by atoms with E-state index in [1.54, 1.807) is 6.33 Å². The molecule has 3 aromatic rings. The number of hydrogen-bond donors (Lipinski definition) is 1. The Morgan fingerprint density at radius 2 is 2.00 bits per heavy atom. The first kappa shape index (κ1) is 16.0. The molecule has 0 spiro atoms. The van der Waals surface area contributed by atoms with Crippen molar-refractivity contribution in [2.45, 2.75) is 32.4 Å². The van der Waals surface area contributed by atoms with Gasteiger partial charge in [-0.1, -0.05) is 42.5 Å². The number of nitrogens with one attached hydrogen (secondary N) is 1. The summed E-state index contributed by atoms with van der Waals surface area (Å²) in [5.74, 6) is 0.935. The maximum atomic E-state index is 4.34. The van der Waals surface area contributed by atoms with Gasteiger partial charge in [0.1, 0.15) is 12.1 Å². The minimum absolute atomic E-state index is 0.443. The first-order valence-corrected chi connectivity index (χ1v) is 9.02. The predicted octanol–water partition coefficient (Wildman–Crippen LogP) is 4.01. The van der Waals surface area contributed by atoms with E-state index in [9.17, 15) is 0 Å². The fourth-order valence-corrected chi connectivity index (χ4v) is 3.73. The number of benzene rings is 2. The van der Waals surface area contributed by atoms with Gasteiger partial charge in [-0.2, -0.15) is 0 Å². The van der Waals surface area contributed by atoms with Crippen LogP contribution in [-0.2, 0) is 6.54 Å². The second-order valence-electron chi connectivity index (χ2n) is 6.90. The lowest BCUT2D eigenvalue weighted by Crippen LogP contribution is -2.41. The number of rotatable bonds is 4. The van der Waals surface area contributed by atoms with Gasteiger partial charge >= 0.3 is 0 Å². The van der Waals surface area contributed by atoms with Crippen LogP contribution in [0.2, 0.25) is 0 Å². The van der Waals surface area contributed by atoms with Crippen molar-refractivity contribution in [3.8, 4) is 0 Å². The Labute approximate surface area is 148 Å². The van der Waals surface area contributed by atoms with Gasteiger partial charge in [0, 0.05) is 30.9 Å². The summed E-state index contributed by atoms with van der Waals surface area (Å²) in [4.78, 5) is 11.1. The summed E-state index contributed by atoms with van der Waals surface area (Å²) < 4.78 is 0. The predicted molar refractivity (Wildman–Crippen MR) is 103 cm³/mol. The van der Waals surface area contributed by atoms with Gasteiger partial charge in [0.15, 0.2) is 0 Å². The molecule has 1 aliphatic heterocycles. The number of piperidine rings is 1. The fourth-order valence-electron chi connectivity index (χ4n) is 3.73. The lowest BCUT2D eigenvalue weighted by atomic mass is 10.0. The van der Waals surface area contributed by atoms with Crippen LogP contribution in [0.3, 0.4) is 0 Å². The summed E-state index contributed by atoms with van der Waals surface area (Å²) in [7, 11) is 0. The molecule has 4 heteroatoms. The van der Waals surface area contributed by atoms with Gasteiger partial charge in [0.2, 0.25) is 0 Å². The van der Waals surface area contributed by atoms with Crippen LogP contribution in [-0.4, -0.2) is 34.0 Å². The number of likely N-dealkylation sites (tertiary alicyclic amines) is 1. The van der Waals surface area contributed by atoms with Crippen LogP contribution in [0.25, 0.3) is 10.8 Å². The molecule has 1 saturated heterocycles. The second kappa shape index (κ2) is 7.19. The molecule has 4 rings (SSSR count). The molecule has 1 fully saturated rings. The van der Waals surface area contributed by atoms with Crippen molar-refractivity contribution in [1.29, 1.82) is 0 Å². The van der Waals surface area contributed by atoms with Crippen molar-refractivity contribution < 1.29 is 0 Å². The van der Waals surface area contributed by atoms with Crippen LogP contribution in [0.1, 0.15) is 24.1 Å². The number of aryl methyl sites for hydroxylation is 1. The third kappa shape index (κ3) is 3.80. The monoisotopic (exact) mass is 332 g/mol. The van der Waals surface area contributed by atoms with Crippen LogP contribution >= 0.6 is 0 Å². The first-order valence-electron chi connectivity index (χ1n) is 9.02. The SMILES string of the molecule is Cc1cc(NC2CCCN(Cc3cccc4ccccc34)C2)ncn1. The van der Waals surface area contributed by atoms with Crippen LogP contribution in [0.15, 0.2) is 54.9 Å². The van der Waals surface area contributed by atoms with Gasteiger partial charge in [0.05, 0.1) is 0 Å². The molecular formula is C21H24N4. The molecule has 2 aromatic carbocycles. The highest BCUT2D eigenvalue weighted by Gasteiger charge is 2.20. The molecule has 1 aromatic heterocycles. The van der Waals surface area contributed by atoms with E-state index in [1.165, 1.54) is 29.2 Å². The maximum Gasteiger partial charge on any atom is 0.129 e. The van der Waals surface area contributed by atoms with Gasteiger partial charge in [-0.3, -0.25) is 4.90 Å². The summed E-state index contributed by atoms with van der Waals surface area (Å²) in [5.41, 5.74) is 2.41. The molecule has 0 amide bonds. The molecule has 1 unspecified atom stereocenters. The van der Waals surface area contributed by atoms with E-state index in [1.807, 2.05) is 13.0 Å². The molecule has 128 valence electrons. The topological polar surface area (TPSA) is 41.0 Å². The average Bonchev–Trinajstić information content (AvgIpc) is 2.62.